The van der Waals surface area contributed by atoms with E-state index in [0.29, 0.717) is 17.1 Å². The Bertz CT molecular complexity index is 811. The van der Waals surface area contributed by atoms with Gasteiger partial charge in [0.1, 0.15) is 5.75 Å². The molecular formula is C19H21N3O3. The fourth-order valence-electron chi connectivity index (χ4n) is 2.17. The van der Waals surface area contributed by atoms with Crippen molar-refractivity contribution in [1.82, 2.24) is 5.43 Å². The average molecular weight is 339 g/mol. The summed E-state index contributed by atoms with van der Waals surface area (Å²) in [5, 5.41) is 6.52. The highest BCUT2D eigenvalue weighted by Crippen LogP contribution is 2.20. The first-order valence-corrected chi connectivity index (χ1v) is 7.78. The van der Waals surface area contributed by atoms with Crippen molar-refractivity contribution in [3.8, 4) is 5.75 Å². The van der Waals surface area contributed by atoms with Crippen LogP contribution in [0, 0.1) is 13.8 Å². The van der Waals surface area contributed by atoms with Gasteiger partial charge in [-0.1, -0.05) is 29.3 Å². The van der Waals surface area contributed by atoms with Gasteiger partial charge in [-0.3, -0.25) is 9.59 Å². The number of aryl methyl sites for hydroxylation is 2. The standard InChI is InChI=1S/C19H21N3O3/c1-12-5-8-15(9-6-12)20-18(23)19(24)22-21-14(3)16-11-13(2)7-10-17(16)25-4/h5-11H,1-4H3,(H,20,23)(H,22,24)/b21-14-. The molecule has 6 nitrogen and oxygen atoms in total. The minimum absolute atomic E-state index is 0.539. The van der Waals surface area contributed by atoms with Gasteiger partial charge >= 0.3 is 11.8 Å². The molecular weight excluding hydrogens is 318 g/mol. The Morgan fingerprint density at radius 3 is 2.24 bits per heavy atom. The van der Waals surface area contributed by atoms with Crippen LogP contribution in [0.1, 0.15) is 23.6 Å². The molecule has 0 unspecified atom stereocenters. The third kappa shape index (κ3) is 4.91. The Morgan fingerprint density at radius 2 is 1.60 bits per heavy atom. The topological polar surface area (TPSA) is 79.8 Å². The molecule has 2 rings (SSSR count). The average Bonchev–Trinajstić information content (AvgIpc) is 2.61. The minimum Gasteiger partial charge on any atom is -0.496 e. The van der Waals surface area contributed by atoms with Crippen molar-refractivity contribution in [1.29, 1.82) is 0 Å². The van der Waals surface area contributed by atoms with Gasteiger partial charge in [0.25, 0.3) is 0 Å². The Hall–Kier alpha value is -3.15. The maximum Gasteiger partial charge on any atom is 0.329 e. The van der Waals surface area contributed by atoms with Crippen molar-refractivity contribution < 1.29 is 14.3 Å². The summed E-state index contributed by atoms with van der Waals surface area (Å²) in [5.74, 6) is -0.978. The number of carbonyl (C=O) groups is 2. The first-order valence-electron chi connectivity index (χ1n) is 7.78. The van der Waals surface area contributed by atoms with Gasteiger partial charge in [-0.15, -0.1) is 0 Å². The molecule has 0 atom stereocenters. The number of rotatable bonds is 4. The molecule has 2 aromatic carbocycles. The lowest BCUT2D eigenvalue weighted by Gasteiger charge is -2.09. The molecule has 130 valence electrons. The van der Waals surface area contributed by atoms with E-state index < -0.39 is 11.8 Å². The van der Waals surface area contributed by atoms with Gasteiger partial charge in [-0.25, -0.2) is 5.43 Å². The predicted octanol–water partition coefficient (Wildman–Crippen LogP) is 2.79. The third-order valence-corrected chi connectivity index (χ3v) is 3.59. The van der Waals surface area contributed by atoms with Gasteiger partial charge in [0.15, 0.2) is 0 Å². The molecule has 25 heavy (non-hydrogen) atoms. The highest BCUT2D eigenvalue weighted by Gasteiger charge is 2.14. The lowest BCUT2D eigenvalue weighted by Crippen LogP contribution is -2.33. The number of hydrogen-bond donors (Lipinski definition) is 2. The molecule has 0 saturated heterocycles. The van der Waals surface area contributed by atoms with E-state index in [4.69, 9.17) is 4.74 Å². The van der Waals surface area contributed by atoms with Gasteiger partial charge in [0.2, 0.25) is 0 Å². The largest absolute Gasteiger partial charge is 0.496 e. The smallest absolute Gasteiger partial charge is 0.329 e. The summed E-state index contributed by atoms with van der Waals surface area (Å²) >= 11 is 0. The van der Waals surface area contributed by atoms with E-state index >= 15 is 0 Å². The van der Waals surface area contributed by atoms with Crippen molar-refractivity contribution in [3.05, 3.63) is 59.2 Å². The highest BCUT2D eigenvalue weighted by atomic mass is 16.5. The number of methoxy groups -OCH3 is 1. The second kappa shape index (κ2) is 8.10. The van der Waals surface area contributed by atoms with E-state index in [1.165, 1.54) is 0 Å². The van der Waals surface area contributed by atoms with E-state index in [9.17, 15) is 9.59 Å². The number of ether oxygens (including phenoxy) is 1. The molecule has 0 radical (unpaired) electrons. The van der Waals surface area contributed by atoms with Crippen LogP contribution < -0.4 is 15.5 Å². The van der Waals surface area contributed by atoms with Crippen LogP contribution in [0.15, 0.2) is 47.6 Å². The van der Waals surface area contributed by atoms with Gasteiger partial charge in [0, 0.05) is 11.3 Å². The maximum absolute atomic E-state index is 11.9. The van der Waals surface area contributed by atoms with Crippen molar-refractivity contribution >= 4 is 23.2 Å². The van der Waals surface area contributed by atoms with Crippen molar-refractivity contribution in [3.63, 3.8) is 0 Å². The number of amides is 2. The molecule has 0 aliphatic rings. The summed E-state index contributed by atoms with van der Waals surface area (Å²) in [6.07, 6.45) is 0. The summed E-state index contributed by atoms with van der Waals surface area (Å²) in [5.41, 5.74) is 6.20. The molecule has 2 N–H and O–H groups in total. The van der Waals surface area contributed by atoms with Crippen LogP contribution in [0.5, 0.6) is 5.75 Å². The van der Waals surface area contributed by atoms with E-state index in [1.807, 2.05) is 44.2 Å². The van der Waals surface area contributed by atoms with Crippen LogP contribution in [0.2, 0.25) is 0 Å². The van der Waals surface area contributed by atoms with E-state index in [0.717, 1.165) is 16.7 Å². The number of nitrogens with zero attached hydrogens (tertiary/aromatic N) is 1. The first kappa shape index (κ1) is 18.2. The number of carbonyl (C=O) groups excluding carboxylic acids is 2. The van der Waals surface area contributed by atoms with E-state index in [-0.39, 0.29) is 0 Å². The Morgan fingerprint density at radius 1 is 0.960 bits per heavy atom. The Labute approximate surface area is 146 Å². The quantitative estimate of drug-likeness (QED) is 0.511. The summed E-state index contributed by atoms with van der Waals surface area (Å²) in [4.78, 5) is 23.8. The number of benzene rings is 2. The summed E-state index contributed by atoms with van der Waals surface area (Å²) in [6.45, 7) is 5.62. The van der Waals surface area contributed by atoms with Crippen LogP contribution in [-0.2, 0) is 9.59 Å². The van der Waals surface area contributed by atoms with Gasteiger partial charge in [-0.2, -0.15) is 5.10 Å². The van der Waals surface area contributed by atoms with Crippen LogP contribution in [0.4, 0.5) is 5.69 Å². The van der Waals surface area contributed by atoms with Crippen molar-refractivity contribution in [2.75, 3.05) is 12.4 Å². The second-order valence-corrected chi connectivity index (χ2v) is 5.66. The summed E-state index contributed by atoms with van der Waals surface area (Å²) in [6, 6.07) is 12.8. The van der Waals surface area contributed by atoms with E-state index in [2.05, 4.69) is 15.8 Å². The molecule has 2 aromatic rings. The van der Waals surface area contributed by atoms with Gasteiger partial charge in [0.05, 0.1) is 12.8 Å². The highest BCUT2D eigenvalue weighted by molar-refractivity contribution is 6.39. The SMILES string of the molecule is COc1ccc(C)cc1/C(C)=N\NC(=O)C(=O)Nc1ccc(C)cc1. The third-order valence-electron chi connectivity index (χ3n) is 3.59. The molecule has 0 aliphatic carbocycles. The van der Waals surface area contributed by atoms with Crippen molar-refractivity contribution in [2.45, 2.75) is 20.8 Å². The minimum atomic E-state index is -0.841. The Balaban J connectivity index is 2.04. The number of nitrogens with one attached hydrogen (secondary N) is 2. The van der Waals surface area contributed by atoms with Crippen LogP contribution in [0.25, 0.3) is 0 Å². The van der Waals surface area contributed by atoms with Crippen LogP contribution in [0.3, 0.4) is 0 Å². The second-order valence-electron chi connectivity index (χ2n) is 5.66. The molecule has 6 heteroatoms. The monoisotopic (exact) mass is 339 g/mol. The lowest BCUT2D eigenvalue weighted by atomic mass is 10.1. The van der Waals surface area contributed by atoms with Crippen LogP contribution in [-0.4, -0.2) is 24.6 Å². The zero-order valence-electron chi connectivity index (χ0n) is 14.7. The maximum atomic E-state index is 11.9. The lowest BCUT2D eigenvalue weighted by molar-refractivity contribution is -0.136. The predicted molar refractivity (Wildman–Crippen MR) is 97.9 cm³/mol. The zero-order valence-corrected chi connectivity index (χ0v) is 14.7. The molecule has 0 saturated carbocycles. The molecule has 2 amide bonds. The molecule has 0 heterocycles. The molecule has 0 aromatic heterocycles. The van der Waals surface area contributed by atoms with Gasteiger partial charge < -0.3 is 10.1 Å². The van der Waals surface area contributed by atoms with Crippen LogP contribution >= 0.6 is 0 Å². The normalized spacial score (nSPS) is 11.0. The molecule has 0 spiro atoms. The number of hydrazone groups is 1. The molecule has 0 aliphatic heterocycles. The summed E-state index contributed by atoms with van der Waals surface area (Å²) in [7, 11) is 1.56. The zero-order chi connectivity index (χ0) is 18.4. The number of hydrogen-bond acceptors (Lipinski definition) is 4. The molecule has 0 bridgehead atoms. The fraction of sp³-hybridized carbons (Fsp3) is 0.211. The Kier molecular flexibility index (Phi) is 5.89. The first-order chi connectivity index (χ1) is 11.9. The molecule has 0 fully saturated rings. The summed E-state index contributed by atoms with van der Waals surface area (Å²) < 4.78 is 5.29. The van der Waals surface area contributed by atoms with Crippen molar-refractivity contribution in [2.24, 2.45) is 5.10 Å². The van der Waals surface area contributed by atoms with E-state index in [1.54, 1.807) is 26.2 Å². The fourth-order valence-corrected chi connectivity index (χ4v) is 2.17. The van der Waals surface area contributed by atoms with Gasteiger partial charge in [-0.05, 0) is 45.0 Å². The number of anilines is 1.